The summed E-state index contributed by atoms with van der Waals surface area (Å²) in [4.78, 5) is 12.0. The van der Waals surface area contributed by atoms with E-state index in [-0.39, 0.29) is 11.1 Å². The lowest BCUT2D eigenvalue weighted by Crippen LogP contribution is -2.25. The van der Waals surface area contributed by atoms with Crippen LogP contribution in [0.2, 0.25) is 0 Å². The summed E-state index contributed by atoms with van der Waals surface area (Å²) in [5.41, 5.74) is 0.143. The van der Waals surface area contributed by atoms with Gasteiger partial charge in [0.1, 0.15) is 11.1 Å². The molecular weight excluding hydrogens is 186 g/mol. The number of benzene rings is 1. The zero-order valence-corrected chi connectivity index (χ0v) is 7.01. The Hall–Kier alpha value is -2.24. The Bertz CT molecular complexity index is 569. The molecule has 0 saturated heterocycles. The van der Waals surface area contributed by atoms with Crippen molar-refractivity contribution in [2.45, 2.75) is 0 Å². The van der Waals surface area contributed by atoms with E-state index in [1.807, 2.05) is 0 Å². The van der Waals surface area contributed by atoms with Crippen molar-refractivity contribution < 1.29 is 10.4 Å². The maximum atomic E-state index is 11.1. The number of aromatic nitrogens is 2. The summed E-state index contributed by atoms with van der Waals surface area (Å²) in [6.45, 7) is 0. The fraction of sp³-hybridized carbons (Fsp3) is 0. The molecule has 0 aromatic carbocycles. The third-order valence-corrected chi connectivity index (χ3v) is 1.93. The van der Waals surface area contributed by atoms with Crippen LogP contribution >= 0.6 is 0 Å². The molecular formula is C8H7N3O3. The first-order valence-electron chi connectivity index (χ1n) is 3.81. The van der Waals surface area contributed by atoms with Crippen molar-refractivity contribution in [2.75, 3.05) is 0 Å². The van der Waals surface area contributed by atoms with E-state index in [0.717, 1.165) is 6.07 Å². The molecule has 0 bridgehead atoms. The lowest BCUT2D eigenvalue weighted by Gasteiger charge is -2.11. The third-order valence-electron chi connectivity index (χ3n) is 1.93. The van der Waals surface area contributed by atoms with Gasteiger partial charge in [-0.25, -0.2) is 0 Å². The predicted molar refractivity (Wildman–Crippen MR) is 45.5 cm³/mol. The van der Waals surface area contributed by atoms with Crippen LogP contribution in [0.4, 0.5) is 0 Å². The highest BCUT2D eigenvalue weighted by Gasteiger charge is 2.09. The number of rotatable bonds is 0. The zero-order chi connectivity index (χ0) is 10.3. The van der Waals surface area contributed by atoms with Crippen molar-refractivity contribution >= 4 is 0 Å². The minimum absolute atomic E-state index is 0.145. The molecule has 6 heteroatoms. The lowest BCUT2D eigenvalue weighted by molar-refractivity contribution is -0.0138. The average Bonchev–Trinajstić information content (AvgIpc) is 2.15. The van der Waals surface area contributed by atoms with Crippen LogP contribution in [0.1, 0.15) is 0 Å². The summed E-state index contributed by atoms with van der Waals surface area (Å²) in [6, 6.07) is 3.90. The van der Waals surface area contributed by atoms with Crippen LogP contribution in [0.25, 0.3) is 11.3 Å². The molecule has 0 amide bonds. The van der Waals surface area contributed by atoms with Crippen LogP contribution in [0.15, 0.2) is 29.2 Å². The Labute approximate surface area is 77.6 Å². The molecule has 1 aliphatic heterocycles. The Balaban J connectivity index is 2.97. The first-order chi connectivity index (χ1) is 6.59. The van der Waals surface area contributed by atoms with E-state index in [2.05, 4.69) is 0 Å². The fourth-order valence-electron chi connectivity index (χ4n) is 1.21. The number of hydrogen-bond donors (Lipinski definition) is 3. The van der Waals surface area contributed by atoms with E-state index < -0.39 is 5.43 Å². The summed E-state index contributed by atoms with van der Waals surface area (Å²) in [6.07, 6.45) is 1.20. The van der Waals surface area contributed by atoms with Crippen LogP contribution in [0.3, 0.4) is 0 Å². The highest BCUT2D eigenvalue weighted by molar-refractivity contribution is 5.59. The van der Waals surface area contributed by atoms with Gasteiger partial charge in [0.2, 0.25) is 5.43 Å². The fourth-order valence-corrected chi connectivity index (χ4v) is 1.21. The standard InChI is InChI=1S/C8H7N3O3/c9-6-3-5-1-2-10(13)11(14)7(5)4-8(6)12/h1-4,9,13-14H. The summed E-state index contributed by atoms with van der Waals surface area (Å²) < 4.78 is 0. The molecule has 0 aromatic heterocycles. The van der Waals surface area contributed by atoms with Crippen molar-refractivity contribution in [2.24, 2.45) is 0 Å². The van der Waals surface area contributed by atoms with Gasteiger partial charge < -0.3 is 10.4 Å². The van der Waals surface area contributed by atoms with Gasteiger partial charge in [0.05, 0.1) is 6.20 Å². The zero-order valence-electron chi connectivity index (χ0n) is 7.01. The molecule has 0 radical (unpaired) electrons. The van der Waals surface area contributed by atoms with E-state index in [1.54, 1.807) is 0 Å². The molecule has 0 spiro atoms. The quantitative estimate of drug-likeness (QED) is 0.502. The molecule has 14 heavy (non-hydrogen) atoms. The summed E-state index contributed by atoms with van der Waals surface area (Å²) in [7, 11) is 0. The summed E-state index contributed by atoms with van der Waals surface area (Å²) in [5, 5.41) is 25.5. The molecule has 1 aliphatic carbocycles. The first kappa shape index (κ1) is 8.36. The molecule has 0 atom stereocenters. The van der Waals surface area contributed by atoms with E-state index in [9.17, 15) is 10.0 Å². The predicted octanol–water partition coefficient (Wildman–Crippen LogP) is -0.291. The van der Waals surface area contributed by atoms with Gasteiger partial charge in [-0.05, 0) is 12.1 Å². The van der Waals surface area contributed by atoms with Gasteiger partial charge in [-0.3, -0.25) is 10.2 Å². The van der Waals surface area contributed by atoms with Crippen LogP contribution < -0.4 is 10.8 Å². The number of nitrogens with one attached hydrogen (secondary N) is 1. The van der Waals surface area contributed by atoms with E-state index >= 15 is 0 Å². The van der Waals surface area contributed by atoms with Crippen LogP contribution in [0, 0.1) is 5.41 Å². The van der Waals surface area contributed by atoms with Crippen LogP contribution in [0.5, 0.6) is 0 Å². The number of hydrogen-bond acceptors (Lipinski definition) is 4. The molecule has 2 rings (SSSR count). The van der Waals surface area contributed by atoms with Gasteiger partial charge >= 0.3 is 0 Å². The van der Waals surface area contributed by atoms with Gasteiger partial charge in [-0.15, -0.1) is 0 Å². The van der Waals surface area contributed by atoms with Gasteiger partial charge in [0.15, 0.2) is 0 Å². The minimum atomic E-state index is -0.508. The monoisotopic (exact) mass is 193 g/mol. The molecule has 0 unspecified atom stereocenters. The van der Waals surface area contributed by atoms with Crippen LogP contribution in [-0.2, 0) is 0 Å². The highest BCUT2D eigenvalue weighted by Crippen LogP contribution is 2.14. The Kier molecular flexibility index (Phi) is 1.57. The van der Waals surface area contributed by atoms with E-state index in [4.69, 9.17) is 10.6 Å². The molecule has 0 aromatic rings. The maximum Gasteiger partial charge on any atom is 0.205 e. The first-order valence-corrected chi connectivity index (χ1v) is 3.81. The van der Waals surface area contributed by atoms with Crippen LogP contribution in [-0.4, -0.2) is 20.1 Å². The smallest absolute Gasteiger partial charge is 0.205 e. The molecule has 0 fully saturated rings. The molecule has 1 heterocycles. The second-order valence-corrected chi connectivity index (χ2v) is 2.83. The topological polar surface area (TPSA) is 91.2 Å². The van der Waals surface area contributed by atoms with Gasteiger partial charge in [-0.2, -0.15) is 0 Å². The molecule has 6 nitrogen and oxygen atoms in total. The molecule has 3 N–H and O–H groups in total. The van der Waals surface area contributed by atoms with Crippen molar-refractivity contribution in [1.82, 2.24) is 9.69 Å². The van der Waals surface area contributed by atoms with Gasteiger partial charge in [0, 0.05) is 11.6 Å². The number of fused-ring (bicyclic) bond motifs is 1. The number of nitrogens with zero attached hydrogens (tertiary/aromatic N) is 2. The Morgan fingerprint density at radius 1 is 1.29 bits per heavy atom. The maximum absolute atomic E-state index is 11.1. The molecule has 72 valence electrons. The SMILES string of the molecule is N=c1cc2ccn(O)n(O)c-2cc1=O. The van der Waals surface area contributed by atoms with E-state index in [0.29, 0.717) is 15.3 Å². The molecule has 2 aliphatic rings. The second kappa shape index (κ2) is 2.63. The van der Waals surface area contributed by atoms with Crippen molar-refractivity contribution in [3.63, 3.8) is 0 Å². The summed E-state index contributed by atoms with van der Waals surface area (Å²) in [5.74, 6) is 0. The minimum Gasteiger partial charge on any atom is -0.411 e. The molecule has 0 saturated carbocycles. The normalized spacial score (nSPS) is 10.6. The van der Waals surface area contributed by atoms with Gasteiger partial charge in [-0.1, -0.05) is 9.69 Å². The van der Waals surface area contributed by atoms with Gasteiger partial charge in [0.25, 0.3) is 0 Å². The van der Waals surface area contributed by atoms with Crippen molar-refractivity contribution in [3.8, 4) is 11.3 Å². The van der Waals surface area contributed by atoms with Crippen molar-refractivity contribution in [3.05, 3.63) is 40.0 Å². The highest BCUT2D eigenvalue weighted by atomic mass is 16.6. The Morgan fingerprint density at radius 3 is 2.71 bits per heavy atom. The largest absolute Gasteiger partial charge is 0.411 e. The average molecular weight is 193 g/mol. The van der Waals surface area contributed by atoms with E-state index in [1.165, 1.54) is 18.3 Å². The Morgan fingerprint density at radius 2 is 2.00 bits per heavy atom. The third kappa shape index (κ3) is 1.05. The lowest BCUT2D eigenvalue weighted by atomic mass is 10.1. The van der Waals surface area contributed by atoms with Crippen molar-refractivity contribution in [1.29, 1.82) is 5.41 Å². The second-order valence-electron chi connectivity index (χ2n) is 2.83. The summed E-state index contributed by atoms with van der Waals surface area (Å²) >= 11 is 0.